The largest absolute Gasteiger partial charge is 0.465 e. The Bertz CT molecular complexity index is 927. The summed E-state index contributed by atoms with van der Waals surface area (Å²) >= 11 is 0. The summed E-state index contributed by atoms with van der Waals surface area (Å²) in [7, 11) is 1.36. The van der Waals surface area contributed by atoms with Crippen molar-refractivity contribution in [3.63, 3.8) is 0 Å². The van der Waals surface area contributed by atoms with Crippen LogP contribution in [0.2, 0.25) is 0 Å². The van der Waals surface area contributed by atoms with Crippen molar-refractivity contribution in [3.8, 4) is 22.6 Å². The molecule has 0 bridgehead atoms. The van der Waals surface area contributed by atoms with Crippen molar-refractivity contribution in [1.29, 1.82) is 0 Å². The molecule has 1 aromatic carbocycles. The van der Waals surface area contributed by atoms with Crippen LogP contribution in [0.5, 0.6) is 0 Å². The molecular weight excluding hydrogens is 318 g/mol. The second-order valence-corrected chi connectivity index (χ2v) is 6.14. The van der Waals surface area contributed by atoms with Crippen LogP contribution in [0.3, 0.4) is 0 Å². The van der Waals surface area contributed by atoms with Crippen LogP contribution in [0, 0.1) is 6.92 Å². The average Bonchev–Trinajstić information content (AvgIpc) is 3.41. The van der Waals surface area contributed by atoms with Crippen molar-refractivity contribution in [2.45, 2.75) is 25.7 Å². The van der Waals surface area contributed by atoms with E-state index in [0.29, 0.717) is 23.2 Å². The minimum absolute atomic E-state index is 0.385. The van der Waals surface area contributed by atoms with Gasteiger partial charge in [0.15, 0.2) is 0 Å². The third kappa shape index (κ3) is 3.03. The summed E-state index contributed by atoms with van der Waals surface area (Å²) in [5.41, 5.74) is 4.53. The Morgan fingerprint density at radius 1 is 1.24 bits per heavy atom. The van der Waals surface area contributed by atoms with Crippen LogP contribution in [-0.2, 0) is 4.74 Å². The average molecular weight is 335 g/mol. The normalized spacial score (nSPS) is 13.7. The third-order valence-electron chi connectivity index (χ3n) is 4.32. The van der Waals surface area contributed by atoms with E-state index in [1.54, 1.807) is 19.2 Å². The van der Waals surface area contributed by atoms with Gasteiger partial charge in [0.25, 0.3) is 0 Å². The maximum Gasteiger partial charge on any atom is 0.339 e. The predicted molar refractivity (Wildman–Crippen MR) is 91.0 cm³/mol. The lowest BCUT2D eigenvalue weighted by atomic mass is 9.97. The maximum absolute atomic E-state index is 11.6. The van der Waals surface area contributed by atoms with Gasteiger partial charge in [-0.25, -0.2) is 4.79 Å². The van der Waals surface area contributed by atoms with Gasteiger partial charge in [0.1, 0.15) is 0 Å². The Hall–Kier alpha value is -3.02. The lowest BCUT2D eigenvalue weighted by molar-refractivity contribution is 0.0600. The minimum Gasteiger partial charge on any atom is -0.465 e. The molecule has 0 saturated heterocycles. The van der Waals surface area contributed by atoms with Crippen LogP contribution in [0.1, 0.15) is 40.6 Å². The number of pyridine rings is 1. The van der Waals surface area contributed by atoms with Crippen LogP contribution < -0.4 is 0 Å². The molecule has 0 spiro atoms. The van der Waals surface area contributed by atoms with E-state index in [-0.39, 0.29) is 5.97 Å². The third-order valence-corrected chi connectivity index (χ3v) is 4.32. The first-order chi connectivity index (χ1) is 12.2. The van der Waals surface area contributed by atoms with Crippen LogP contribution in [0.15, 0.2) is 41.1 Å². The number of aryl methyl sites for hydroxylation is 1. The number of aromatic nitrogens is 3. The number of methoxy groups -OCH3 is 1. The minimum atomic E-state index is -0.385. The molecule has 4 rings (SSSR count). The Morgan fingerprint density at radius 2 is 2.08 bits per heavy atom. The smallest absolute Gasteiger partial charge is 0.339 e. The fourth-order valence-corrected chi connectivity index (χ4v) is 2.88. The van der Waals surface area contributed by atoms with E-state index in [1.165, 1.54) is 25.5 Å². The van der Waals surface area contributed by atoms with Crippen molar-refractivity contribution in [3.05, 3.63) is 53.5 Å². The zero-order valence-electron chi connectivity index (χ0n) is 14.0. The number of carbonyl (C=O) groups excluding carboxylic acids is 1. The summed E-state index contributed by atoms with van der Waals surface area (Å²) in [6.45, 7) is 1.78. The molecule has 0 N–H and O–H groups in total. The number of carbonyl (C=O) groups is 1. The molecule has 0 amide bonds. The number of hydrogen-bond donors (Lipinski definition) is 0. The number of esters is 1. The Morgan fingerprint density at radius 3 is 2.68 bits per heavy atom. The molecule has 1 aliphatic carbocycles. The lowest BCUT2D eigenvalue weighted by Crippen LogP contribution is -2.02. The van der Waals surface area contributed by atoms with Gasteiger partial charge in [-0.05, 0) is 42.5 Å². The molecule has 1 aliphatic rings. The summed E-state index contributed by atoms with van der Waals surface area (Å²) in [5, 5.41) is 4.00. The first-order valence-electron chi connectivity index (χ1n) is 8.15. The van der Waals surface area contributed by atoms with Crippen molar-refractivity contribution < 1.29 is 14.1 Å². The lowest BCUT2D eigenvalue weighted by Gasteiger charge is -2.10. The molecule has 25 heavy (non-hydrogen) atoms. The molecule has 0 radical (unpaired) electrons. The number of benzene rings is 1. The molecule has 6 heteroatoms. The quantitative estimate of drug-likeness (QED) is 0.675. The number of rotatable bonds is 4. The van der Waals surface area contributed by atoms with Crippen LogP contribution in [0.25, 0.3) is 22.6 Å². The van der Waals surface area contributed by atoms with E-state index in [0.717, 1.165) is 16.8 Å². The highest BCUT2D eigenvalue weighted by Gasteiger charge is 2.27. The fraction of sp³-hybridized carbons (Fsp3) is 0.263. The maximum atomic E-state index is 11.6. The number of hydrogen-bond acceptors (Lipinski definition) is 6. The molecule has 0 aliphatic heterocycles. The Labute approximate surface area is 144 Å². The van der Waals surface area contributed by atoms with E-state index in [4.69, 9.17) is 9.26 Å². The topological polar surface area (TPSA) is 78.1 Å². The molecule has 0 unspecified atom stereocenters. The number of nitrogens with zero attached hydrogens (tertiary/aromatic N) is 3. The highest BCUT2D eigenvalue weighted by molar-refractivity contribution is 5.89. The van der Waals surface area contributed by atoms with Gasteiger partial charge in [0, 0.05) is 24.2 Å². The zero-order valence-corrected chi connectivity index (χ0v) is 14.0. The first kappa shape index (κ1) is 15.5. The first-order valence-corrected chi connectivity index (χ1v) is 8.15. The van der Waals surface area contributed by atoms with E-state index >= 15 is 0 Å². The summed E-state index contributed by atoms with van der Waals surface area (Å²) in [6.07, 6.45) is 3.89. The fourth-order valence-electron chi connectivity index (χ4n) is 2.88. The van der Waals surface area contributed by atoms with Gasteiger partial charge >= 0.3 is 5.97 Å². The van der Waals surface area contributed by atoms with Gasteiger partial charge in [0.2, 0.25) is 11.7 Å². The Kier molecular flexibility index (Phi) is 3.80. The molecule has 2 heterocycles. The van der Waals surface area contributed by atoms with Gasteiger partial charge < -0.3 is 9.26 Å². The summed E-state index contributed by atoms with van der Waals surface area (Å²) in [5.74, 6) is 1.29. The van der Waals surface area contributed by atoms with Crippen LogP contribution >= 0.6 is 0 Å². The van der Waals surface area contributed by atoms with Crippen LogP contribution in [-0.4, -0.2) is 28.2 Å². The highest BCUT2D eigenvalue weighted by Crippen LogP contribution is 2.45. The molecule has 1 fully saturated rings. The van der Waals surface area contributed by atoms with Crippen LogP contribution in [0.4, 0.5) is 0 Å². The molecule has 6 nitrogen and oxygen atoms in total. The predicted octanol–water partition coefficient (Wildman–Crippen LogP) is 3.77. The van der Waals surface area contributed by atoms with E-state index in [9.17, 15) is 4.79 Å². The standard InChI is InChI=1S/C19H17N3O3/c1-11-21-18(22-25-11)13-5-7-15(16(9-13)12-3-4-12)17-8-6-14(10-20-17)19(23)24-2/h5-10,12H,3-4H2,1-2H3. The summed E-state index contributed by atoms with van der Waals surface area (Å²) in [6, 6.07) is 9.72. The van der Waals surface area contributed by atoms with Gasteiger partial charge in [-0.15, -0.1) is 0 Å². The monoisotopic (exact) mass is 335 g/mol. The van der Waals surface area contributed by atoms with Crippen molar-refractivity contribution in [1.82, 2.24) is 15.1 Å². The van der Waals surface area contributed by atoms with E-state index in [2.05, 4.69) is 21.2 Å². The summed E-state index contributed by atoms with van der Waals surface area (Å²) in [4.78, 5) is 20.3. The Balaban J connectivity index is 1.73. The molecular formula is C19H17N3O3. The molecule has 2 aromatic heterocycles. The second-order valence-electron chi connectivity index (χ2n) is 6.14. The molecule has 0 atom stereocenters. The van der Waals surface area contributed by atoms with E-state index < -0.39 is 0 Å². The SMILES string of the molecule is COC(=O)c1ccc(-c2ccc(-c3noc(C)n3)cc2C2CC2)nc1. The van der Waals surface area contributed by atoms with Crippen molar-refractivity contribution >= 4 is 5.97 Å². The second kappa shape index (κ2) is 6.12. The van der Waals surface area contributed by atoms with Gasteiger partial charge in [-0.3, -0.25) is 4.98 Å². The summed E-state index contributed by atoms with van der Waals surface area (Å²) < 4.78 is 9.80. The molecule has 1 saturated carbocycles. The number of ether oxygens (including phenoxy) is 1. The zero-order chi connectivity index (χ0) is 17.4. The molecule has 3 aromatic rings. The van der Waals surface area contributed by atoms with Gasteiger partial charge in [0.05, 0.1) is 18.4 Å². The van der Waals surface area contributed by atoms with Crippen molar-refractivity contribution in [2.75, 3.05) is 7.11 Å². The van der Waals surface area contributed by atoms with Crippen molar-refractivity contribution in [2.24, 2.45) is 0 Å². The van der Waals surface area contributed by atoms with E-state index in [1.807, 2.05) is 18.2 Å². The highest BCUT2D eigenvalue weighted by atomic mass is 16.5. The van der Waals surface area contributed by atoms with Gasteiger partial charge in [-0.1, -0.05) is 17.3 Å². The molecule has 126 valence electrons. The van der Waals surface area contributed by atoms with Gasteiger partial charge in [-0.2, -0.15) is 4.98 Å².